The molecule has 0 aromatic rings. The van der Waals surface area contributed by atoms with Crippen LogP contribution in [-0.2, 0) is 14.4 Å². The highest BCUT2D eigenvalue weighted by Gasteiger charge is 2.66. The first-order valence-electron chi connectivity index (χ1n) is 16.0. The van der Waals surface area contributed by atoms with Gasteiger partial charge in [0.05, 0.1) is 5.57 Å². The average molecular weight is 607 g/mol. The van der Waals surface area contributed by atoms with Crippen LogP contribution in [0.2, 0.25) is 0 Å². The Kier molecular flexibility index (Phi) is 9.56. The second-order valence-corrected chi connectivity index (χ2v) is 16.5. The number of rotatable bonds is 10. The van der Waals surface area contributed by atoms with Crippen LogP contribution in [0.4, 0.5) is 13.2 Å². The van der Waals surface area contributed by atoms with Gasteiger partial charge in [0.15, 0.2) is 5.78 Å². The van der Waals surface area contributed by atoms with E-state index in [-0.39, 0.29) is 46.4 Å². The van der Waals surface area contributed by atoms with E-state index in [2.05, 4.69) is 52.9 Å². The van der Waals surface area contributed by atoms with E-state index < -0.39 is 33.7 Å². The molecule has 5 nitrogen and oxygen atoms in total. The van der Waals surface area contributed by atoms with Crippen LogP contribution in [-0.4, -0.2) is 30.2 Å². The summed E-state index contributed by atoms with van der Waals surface area (Å²) in [4.78, 5) is 38.5. The van der Waals surface area contributed by atoms with Crippen molar-refractivity contribution in [2.24, 2.45) is 44.3 Å². The Bertz CT molecular complexity index is 1200. The molecule has 242 valence electrons. The van der Waals surface area contributed by atoms with Crippen LogP contribution in [0.25, 0.3) is 0 Å². The monoisotopic (exact) mass is 606 g/mol. The maximum Gasteiger partial charge on any atom is 0.471 e. The molecular formula is C35H53F3N2O3. The van der Waals surface area contributed by atoms with Crippen LogP contribution in [0, 0.1) is 55.7 Å². The van der Waals surface area contributed by atoms with Crippen LogP contribution in [0.5, 0.6) is 0 Å². The minimum Gasteiger partial charge on any atom is -0.348 e. The Labute approximate surface area is 256 Å². The fourth-order valence-corrected chi connectivity index (χ4v) is 9.36. The fourth-order valence-electron chi connectivity index (χ4n) is 9.36. The van der Waals surface area contributed by atoms with Crippen molar-refractivity contribution in [2.75, 3.05) is 6.54 Å². The summed E-state index contributed by atoms with van der Waals surface area (Å²) in [5.74, 6) is -1.96. The number of carbonyl (C=O) groups excluding carboxylic acids is 3. The molecule has 0 radical (unpaired) electrons. The lowest BCUT2D eigenvalue weighted by atomic mass is 9.37. The molecule has 0 aliphatic heterocycles. The number of hydrogen-bond acceptors (Lipinski definition) is 4. The van der Waals surface area contributed by atoms with Gasteiger partial charge in [-0.2, -0.15) is 18.4 Å². The van der Waals surface area contributed by atoms with E-state index in [4.69, 9.17) is 0 Å². The van der Waals surface area contributed by atoms with Crippen molar-refractivity contribution in [3.63, 3.8) is 0 Å². The van der Waals surface area contributed by atoms with Crippen molar-refractivity contribution >= 4 is 17.5 Å². The van der Waals surface area contributed by atoms with Gasteiger partial charge in [-0.3, -0.25) is 14.4 Å². The molecule has 0 unspecified atom stereocenters. The lowest BCUT2D eigenvalue weighted by Crippen LogP contribution is -2.62. The predicted octanol–water partition coefficient (Wildman–Crippen LogP) is 8.52. The first kappa shape index (κ1) is 35.3. The zero-order chi connectivity index (χ0) is 32.9. The molecule has 0 spiro atoms. The molecule has 2 saturated carbocycles. The van der Waals surface area contributed by atoms with E-state index in [9.17, 15) is 32.8 Å². The highest BCUT2D eigenvalue weighted by Crippen LogP contribution is 2.70. The Morgan fingerprint density at radius 2 is 1.65 bits per heavy atom. The number of Topliss-reactive ketones (excluding diaryl/α,β-unsaturated/α-hetero) is 2. The summed E-state index contributed by atoms with van der Waals surface area (Å²) in [5.41, 5.74) is -2.33. The van der Waals surface area contributed by atoms with Gasteiger partial charge in [-0.15, -0.1) is 0 Å². The minimum absolute atomic E-state index is 0.00136. The van der Waals surface area contributed by atoms with Crippen LogP contribution in [0.3, 0.4) is 0 Å². The molecule has 3 aliphatic carbocycles. The standard InChI is InChI=1S/C35H53F3N2O3/c1-10-12-29(2,3)14-15-31(6,22-40-28(43)35(36,37)38)16-17-32(7)20-24(41)18-26-33(8)19-23(21-39)27(42)30(4,5)25(33)11-13-34(26,32)9/h19,25-26H,10-18,20,22H2,1-9H3,(H,40,43)/t25-,26+,31-,32+,33-,34+/m0/s1. The molecule has 0 saturated heterocycles. The summed E-state index contributed by atoms with van der Waals surface area (Å²) in [5, 5.41) is 12.0. The van der Waals surface area contributed by atoms with Gasteiger partial charge < -0.3 is 5.32 Å². The number of nitriles is 1. The molecule has 43 heavy (non-hydrogen) atoms. The normalized spacial score (nSPS) is 33.9. The molecule has 1 N–H and O–H groups in total. The van der Waals surface area contributed by atoms with E-state index in [1.165, 1.54) is 0 Å². The van der Waals surface area contributed by atoms with Gasteiger partial charge in [0, 0.05) is 24.8 Å². The smallest absolute Gasteiger partial charge is 0.348 e. The molecule has 0 bridgehead atoms. The Hall–Kier alpha value is -2.17. The van der Waals surface area contributed by atoms with E-state index in [1.54, 1.807) is 0 Å². The van der Waals surface area contributed by atoms with Crippen molar-refractivity contribution in [3.8, 4) is 6.07 Å². The highest BCUT2D eigenvalue weighted by atomic mass is 19.4. The van der Waals surface area contributed by atoms with Crippen molar-refractivity contribution in [2.45, 2.75) is 133 Å². The number of ketones is 2. The summed E-state index contributed by atoms with van der Waals surface area (Å²) < 4.78 is 39.4. The number of carbonyl (C=O) groups is 3. The van der Waals surface area contributed by atoms with Crippen LogP contribution >= 0.6 is 0 Å². The number of nitrogens with one attached hydrogen (secondary N) is 1. The van der Waals surface area contributed by atoms with Crippen LogP contribution < -0.4 is 5.32 Å². The lowest BCUT2D eigenvalue weighted by molar-refractivity contribution is -0.176. The van der Waals surface area contributed by atoms with Gasteiger partial charge in [-0.1, -0.05) is 74.8 Å². The maximum atomic E-state index is 13.5. The SMILES string of the molecule is CCCC(C)(C)CC[C@@](C)(CC[C@]1(C)CC(=O)C[C@@H]2[C@@]3(C)C=C(C#N)C(=O)C(C)(C)[C@@H]3CC[C@]21C)CNC(=O)C(F)(F)F. The van der Waals surface area contributed by atoms with E-state index in [0.29, 0.717) is 32.1 Å². The zero-order valence-electron chi connectivity index (χ0n) is 27.8. The second-order valence-electron chi connectivity index (χ2n) is 16.5. The van der Waals surface area contributed by atoms with Crippen molar-refractivity contribution in [1.29, 1.82) is 5.26 Å². The number of allylic oxidation sites excluding steroid dienone is 2. The number of alkyl halides is 3. The first-order valence-corrected chi connectivity index (χ1v) is 16.0. The molecule has 0 aromatic carbocycles. The molecule has 0 aromatic heterocycles. The minimum atomic E-state index is -4.94. The Morgan fingerprint density at radius 3 is 2.21 bits per heavy atom. The summed E-state index contributed by atoms with van der Waals surface area (Å²) in [6, 6.07) is 2.13. The quantitative estimate of drug-likeness (QED) is 0.270. The highest BCUT2D eigenvalue weighted by molar-refractivity contribution is 6.04. The molecule has 8 heteroatoms. The fraction of sp³-hybridized carbons (Fsp3) is 0.829. The van der Waals surface area contributed by atoms with Crippen molar-refractivity contribution in [3.05, 3.63) is 11.6 Å². The average Bonchev–Trinajstić information content (AvgIpc) is 2.88. The van der Waals surface area contributed by atoms with Crippen LogP contribution in [0.15, 0.2) is 11.6 Å². The summed E-state index contributed by atoms with van der Waals surface area (Å²) >= 11 is 0. The molecule has 0 heterocycles. The number of amides is 1. The van der Waals surface area contributed by atoms with Gasteiger partial charge in [-0.05, 0) is 83.9 Å². The Balaban J connectivity index is 1.96. The lowest BCUT2D eigenvalue weighted by Gasteiger charge is -2.66. The molecule has 6 atom stereocenters. The summed E-state index contributed by atoms with van der Waals surface area (Å²) in [7, 11) is 0. The molecule has 1 amide bonds. The zero-order valence-corrected chi connectivity index (χ0v) is 27.8. The molecule has 2 fully saturated rings. The number of nitrogens with zero attached hydrogens (tertiary/aromatic N) is 1. The third-order valence-corrected chi connectivity index (χ3v) is 12.4. The first-order chi connectivity index (χ1) is 19.5. The van der Waals surface area contributed by atoms with Crippen LogP contribution in [0.1, 0.15) is 127 Å². The third-order valence-electron chi connectivity index (χ3n) is 12.4. The van der Waals surface area contributed by atoms with Crippen molar-refractivity contribution < 1.29 is 27.6 Å². The van der Waals surface area contributed by atoms with Gasteiger partial charge in [0.25, 0.3) is 0 Å². The topological polar surface area (TPSA) is 87.0 Å². The molecular weight excluding hydrogens is 553 g/mol. The van der Waals surface area contributed by atoms with Gasteiger partial charge in [0.1, 0.15) is 11.9 Å². The van der Waals surface area contributed by atoms with Gasteiger partial charge in [-0.25, -0.2) is 0 Å². The predicted molar refractivity (Wildman–Crippen MR) is 162 cm³/mol. The van der Waals surface area contributed by atoms with E-state index in [1.807, 2.05) is 26.8 Å². The second kappa shape index (κ2) is 11.6. The number of fused-ring (bicyclic) bond motifs is 3. The molecule has 3 aliphatic rings. The third kappa shape index (κ3) is 6.61. The number of halogens is 3. The van der Waals surface area contributed by atoms with E-state index in [0.717, 1.165) is 32.1 Å². The largest absolute Gasteiger partial charge is 0.471 e. The van der Waals surface area contributed by atoms with Crippen molar-refractivity contribution in [1.82, 2.24) is 5.32 Å². The van der Waals surface area contributed by atoms with E-state index >= 15 is 0 Å². The Morgan fingerprint density at radius 1 is 1.02 bits per heavy atom. The maximum absolute atomic E-state index is 13.5. The summed E-state index contributed by atoms with van der Waals surface area (Å²) in [6.07, 6.45) is 4.03. The van der Waals surface area contributed by atoms with Gasteiger partial charge in [0.2, 0.25) is 0 Å². The van der Waals surface area contributed by atoms with Gasteiger partial charge >= 0.3 is 12.1 Å². The number of hydrogen-bond donors (Lipinski definition) is 1. The molecule has 3 rings (SSSR count). The summed E-state index contributed by atoms with van der Waals surface area (Å²) in [6.45, 7) is 18.7.